The molecule has 0 aliphatic rings. The third-order valence-corrected chi connectivity index (χ3v) is 8.59. The summed E-state index contributed by atoms with van der Waals surface area (Å²) in [6, 6.07) is 11.0. The van der Waals surface area contributed by atoms with Gasteiger partial charge < -0.3 is 42.5 Å². The Morgan fingerprint density at radius 2 is 1.24 bits per heavy atom. The number of aromatic nitrogens is 2. The first kappa shape index (κ1) is 34.2. The van der Waals surface area contributed by atoms with E-state index in [1.54, 1.807) is 12.4 Å². The normalized spacial score (nSPS) is 14.7. The second kappa shape index (κ2) is 16.1. The van der Waals surface area contributed by atoms with Crippen LogP contribution in [0.1, 0.15) is 50.7 Å². The lowest BCUT2D eigenvalue weighted by Gasteiger charge is -2.26. The molecule has 2 heterocycles. The lowest BCUT2D eigenvalue weighted by atomic mass is 9.97. The molecule has 246 valence electrons. The van der Waals surface area contributed by atoms with Gasteiger partial charge in [0.25, 0.3) is 0 Å². The number of para-hydroxylation sites is 2. The molecule has 0 fully saturated rings. The number of aromatic amines is 2. The number of carboxylic acids is 1. The van der Waals surface area contributed by atoms with E-state index < -0.39 is 47.9 Å². The smallest absolute Gasteiger partial charge is 0.326 e. The van der Waals surface area contributed by atoms with Crippen molar-refractivity contribution in [2.24, 2.45) is 17.4 Å². The monoisotopic (exact) mass is 631 g/mol. The minimum atomic E-state index is -1.17. The molecule has 0 saturated heterocycles. The van der Waals surface area contributed by atoms with Gasteiger partial charge in [-0.1, -0.05) is 56.7 Å². The fourth-order valence-corrected chi connectivity index (χ4v) is 5.53. The van der Waals surface area contributed by atoms with E-state index in [9.17, 15) is 24.3 Å². The Hall–Kier alpha value is -4.68. The molecular formula is C34H45N7O5. The van der Waals surface area contributed by atoms with E-state index in [4.69, 9.17) is 11.5 Å². The van der Waals surface area contributed by atoms with Crippen LogP contribution in [0.5, 0.6) is 0 Å². The van der Waals surface area contributed by atoms with E-state index in [0.29, 0.717) is 25.8 Å². The van der Waals surface area contributed by atoms with Gasteiger partial charge in [-0.2, -0.15) is 0 Å². The summed E-state index contributed by atoms with van der Waals surface area (Å²) in [6.07, 6.45) is 5.77. The van der Waals surface area contributed by atoms with Crippen molar-refractivity contribution in [2.75, 3.05) is 6.54 Å². The summed E-state index contributed by atoms with van der Waals surface area (Å²) in [4.78, 5) is 59.4. The highest BCUT2D eigenvalue weighted by molar-refractivity contribution is 5.95. The molecule has 3 amide bonds. The van der Waals surface area contributed by atoms with Crippen LogP contribution in [0.25, 0.3) is 21.8 Å². The fraction of sp³-hybridized carbons (Fsp3) is 0.412. The van der Waals surface area contributed by atoms with Crippen LogP contribution >= 0.6 is 0 Å². The topological polar surface area (TPSA) is 208 Å². The summed E-state index contributed by atoms with van der Waals surface area (Å²) >= 11 is 0. The number of nitrogens with two attached hydrogens (primary N) is 2. The van der Waals surface area contributed by atoms with Crippen LogP contribution in [-0.4, -0.2) is 69.5 Å². The summed E-state index contributed by atoms with van der Waals surface area (Å²) < 4.78 is 0. The number of rotatable bonds is 17. The zero-order valence-electron chi connectivity index (χ0n) is 26.3. The van der Waals surface area contributed by atoms with Gasteiger partial charge in [0.1, 0.15) is 18.1 Å². The predicted octanol–water partition coefficient (Wildman–Crippen LogP) is 2.48. The van der Waals surface area contributed by atoms with Gasteiger partial charge in [0.2, 0.25) is 17.7 Å². The van der Waals surface area contributed by atoms with Crippen molar-refractivity contribution in [1.29, 1.82) is 0 Å². The molecular weight excluding hydrogens is 586 g/mol. The molecule has 0 saturated carbocycles. The minimum Gasteiger partial charge on any atom is -0.480 e. The van der Waals surface area contributed by atoms with Crippen LogP contribution in [0, 0.1) is 5.92 Å². The molecule has 0 aliphatic carbocycles. The van der Waals surface area contributed by atoms with Crippen molar-refractivity contribution in [3.63, 3.8) is 0 Å². The maximum absolute atomic E-state index is 14.0. The number of carboxylic acid groups (broad SMARTS) is 1. The Morgan fingerprint density at radius 3 is 1.72 bits per heavy atom. The van der Waals surface area contributed by atoms with Gasteiger partial charge in [0.05, 0.1) is 6.04 Å². The molecule has 5 atom stereocenters. The van der Waals surface area contributed by atoms with Crippen molar-refractivity contribution < 1.29 is 24.3 Å². The number of hydrogen-bond donors (Lipinski definition) is 8. The van der Waals surface area contributed by atoms with E-state index in [1.165, 1.54) is 0 Å². The van der Waals surface area contributed by atoms with Gasteiger partial charge in [-0.15, -0.1) is 0 Å². The molecule has 0 aliphatic heterocycles. The summed E-state index contributed by atoms with van der Waals surface area (Å²) in [5.41, 5.74) is 15.1. The summed E-state index contributed by atoms with van der Waals surface area (Å²) in [6.45, 7) is 4.21. The Balaban J connectivity index is 1.63. The molecule has 0 radical (unpaired) electrons. The van der Waals surface area contributed by atoms with Gasteiger partial charge in [-0.3, -0.25) is 14.4 Å². The first-order valence-electron chi connectivity index (χ1n) is 15.8. The van der Waals surface area contributed by atoms with Gasteiger partial charge in [-0.25, -0.2) is 4.79 Å². The maximum Gasteiger partial charge on any atom is 0.326 e. The number of amides is 3. The van der Waals surface area contributed by atoms with Crippen molar-refractivity contribution in [1.82, 2.24) is 25.9 Å². The van der Waals surface area contributed by atoms with E-state index >= 15 is 0 Å². The average Bonchev–Trinajstić information content (AvgIpc) is 3.66. The Labute approximate surface area is 268 Å². The zero-order chi connectivity index (χ0) is 33.2. The number of H-pyrrole nitrogens is 2. The lowest BCUT2D eigenvalue weighted by molar-refractivity contribution is -0.142. The number of benzene rings is 2. The van der Waals surface area contributed by atoms with Crippen LogP contribution in [-0.2, 0) is 32.0 Å². The first-order valence-corrected chi connectivity index (χ1v) is 15.8. The van der Waals surface area contributed by atoms with Gasteiger partial charge in [-0.05, 0) is 55.0 Å². The number of nitrogens with one attached hydrogen (secondary N) is 5. The largest absolute Gasteiger partial charge is 0.480 e. The second-order valence-electron chi connectivity index (χ2n) is 11.8. The molecule has 12 nitrogen and oxygen atoms in total. The van der Waals surface area contributed by atoms with Crippen LogP contribution in [0.4, 0.5) is 0 Å². The van der Waals surface area contributed by atoms with Crippen molar-refractivity contribution in [2.45, 2.75) is 76.5 Å². The molecule has 4 aromatic rings. The van der Waals surface area contributed by atoms with Gasteiger partial charge in [0, 0.05) is 47.0 Å². The van der Waals surface area contributed by atoms with Crippen LogP contribution in [0.3, 0.4) is 0 Å². The highest BCUT2D eigenvalue weighted by Gasteiger charge is 2.32. The van der Waals surface area contributed by atoms with Crippen molar-refractivity contribution in [3.05, 3.63) is 72.1 Å². The van der Waals surface area contributed by atoms with E-state index in [2.05, 4.69) is 25.9 Å². The van der Waals surface area contributed by atoms with Crippen LogP contribution in [0.15, 0.2) is 60.9 Å². The third-order valence-electron chi connectivity index (χ3n) is 8.59. The molecule has 46 heavy (non-hydrogen) atoms. The van der Waals surface area contributed by atoms with Crippen LogP contribution < -0.4 is 27.4 Å². The van der Waals surface area contributed by atoms with Gasteiger partial charge in [0.15, 0.2) is 0 Å². The van der Waals surface area contributed by atoms with E-state index in [0.717, 1.165) is 32.9 Å². The fourth-order valence-electron chi connectivity index (χ4n) is 5.53. The average molecular weight is 632 g/mol. The predicted molar refractivity (Wildman–Crippen MR) is 178 cm³/mol. The number of fused-ring (bicyclic) bond motifs is 2. The number of carbonyl (C=O) groups excluding carboxylic acids is 3. The molecule has 0 bridgehead atoms. The summed E-state index contributed by atoms with van der Waals surface area (Å²) in [7, 11) is 0. The Morgan fingerprint density at radius 1 is 0.761 bits per heavy atom. The molecule has 10 N–H and O–H groups in total. The second-order valence-corrected chi connectivity index (χ2v) is 11.8. The number of carbonyl (C=O) groups is 4. The maximum atomic E-state index is 14.0. The highest BCUT2D eigenvalue weighted by Crippen LogP contribution is 2.21. The molecule has 2 aromatic heterocycles. The summed E-state index contributed by atoms with van der Waals surface area (Å²) in [5, 5.41) is 19.9. The molecule has 12 heteroatoms. The van der Waals surface area contributed by atoms with Crippen molar-refractivity contribution in [3.8, 4) is 0 Å². The highest BCUT2D eigenvalue weighted by atomic mass is 16.4. The number of aliphatic carboxylic acids is 1. The first-order chi connectivity index (χ1) is 22.1. The number of hydrogen-bond acceptors (Lipinski definition) is 6. The zero-order valence-corrected chi connectivity index (χ0v) is 26.3. The van der Waals surface area contributed by atoms with Crippen LogP contribution in [0.2, 0.25) is 0 Å². The van der Waals surface area contributed by atoms with E-state index in [-0.39, 0.29) is 25.2 Å². The molecule has 0 spiro atoms. The Bertz CT molecular complexity index is 1650. The minimum absolute atomic E-state index is 0.0802. The molecule has 4 rings (SSSR count). The Kier molecular flexibility index (Phi) is 11.9. The van der Waals surface area contributed by atoms with E-state index in [1.807, 2.05) is 62.4 Å². The summed E-state index contributed by atoms with van der Waals surface area (Å²) in [5.74, 6) is -3.01. The van der Waals surface area contributed by atoms with Crippen molar-refractivity contribution >= 4 is 45.5 Å². The van der Waals surface area contributed by atoms with Gasteiger partial charge >= 0.3 is 5.97 Å². The quantitative estimate of drug-likeness (QED) is 0.0816. The third kappa shape index (κ3) is 8.52. The molecule has 5 unspecified atom stereocenters. The number of unbranched alkanes of at least 4 members (excludes halogenated alkanes) is 1. The lowest BCUT2D eigenvalue weighted by Crippen LogP contribution is -2.58. The standard InChI is InChI=1S/C34H45N7O5/c1-3-20(2)30(36)33(44)41-29(17-22-19-38-26-13-7-5-11-24(22)26)32(43)40-28(16-21-18-37-25-12-6-4-10-23(21)25)31(42)39-27(34(45)46)14-8-9-15-35/h4-7,10-13,18-20,27-30,37-38H,3,8-9,14-17,35-36H2,1-2H3,(H,39,42)(H,40,43)(H,41,44)(H,45,46). The SMILES string of the molecule is CCC(C)C(N)C(=O)NC(Cc1c[nH]c2ccccc12)C(=O)NC(Cc1c[nH]c2ccccc12)C(=O)NC(CCCCN)C(=O)O. The molecule has 2 aromatic carbocycles.